The minimum absolute atomic E-state index is 0.0227. The fourth-order valence-corrected chi connectivity index (χ4v) is 2.06. The fourth-order valence-electron chi connectivity index (χ4n) is 2.06. The summed E-state index contributed by atoms with van der Waals surface area (Å²) in [6.07, 6.45) is 6.73. The van der Waals surface area contributed by atoms with Crippen LogP contribution in [-0.2, 0) is 9.53 Å². The van der Waals surface area contributed by atoms with Gasteiger partial charge in [-0.2, -0.15) is 0 Å². The first-order valence-electron chi connectivity index (χ1n) is 5.53. The summed E-state index contributed by atoms with van der Waals surface area (Å²) < 4.78 is 5.63. The van der Waals surface area contributed by atoms with Crippen LogP contribution in [0.2, 0.25) is 0 Å². The Labute approximate surface area is 91.0 Å². The molecule has 2 rings (SSSR count). The molecule has 15 heavy (non-hydrogen) atoms. The van der Waals surface area contributed by atoms with E-state index in [2.05, 4.69) is 32.9 Å². The molecule has 0 saturated carbocycles. The zero-order valence-electron chi connectivity index (χ0n) is 9.62. The number of ketones is 1. The smallest absolute Gasteiger partial charge is 0.144 e. The SMILES string of the molecule is CC(C)(C)C1=CC2OCCC(=O)C2C=C1. The predicted octanol–water partition coefficient (Wildman–Crippen LogP) is 2.50. The van der Waals surface area contributed by atoms with Crippen molar-refractivity contribution in [2.75, 3.05) is 6.61 Å². The molecule has 2 unspecified atom stereocenters. The van der Waals surface area contributed by atoms with E-state index >= 15 is 0 Å². The molecule has 0 aromatic rings. The number of rotatable bonds is 0. The molecule has 1 aliphatic carbocycles. The van der Waals surface area contributed by atoms with E-state index in [1.807, 2.05) is 6.08 Å². The maximum atomic E-state index is 11.6. The van der Waals surface area contributed by atoms with E-state index in [4.69, 9.17) is 4.74 Å². The first kappa shape index (κ1) is 10.6. The molecule has 0 radical (unpaired) electrons. The topological polar surface area (TPSA) is 26.3 Å². The van der Waals surface area contributed by atoms with Crippen LogP contribution in [-0.4, -0.2) is 18.5 Å². The number of carbonyl (C=O) groups is 1. The molecule has 0 spiro atoms. The molecule has 0 amide bonds. The van der Waals surface area contributed by atoms with Crippen molar-refractivity contribution in [2.45, 2.75) is 33.3 Å². The number of carbonyl (C=O) groups excluding carboxylic acids is 1. The van der Waals surface area contributed by atoms with Crippen LogP contribution >= 0.6 is 0 Å². The van der Waals surface area contributed by atoms with Crippen LogP contribution in [0.3, 0.4) is 0 Å². The molecule has 0 aromatic carbocycles. The Morgan fingerprint density at radius 1 is 1.40 bits per heavy atom. The maximum absolute atomic E-state index is 11.6. The molecule has 0 N–H and O–H groups in total. The molecule has 1 aliphatic heterocycles. The first-order chi connectivity index (χ1) is 6.98. The number of fused-ring (bicyclic) bond motifs is 1. The Kier molecular flexibility index (Phi) is 2.55. The Balaban J connectivity index is 2.23. The van der Waals surface area contributed by atoms with Crippen molar-refractivity contribution in [3.63, 3.8) is 0 Å². The third kappa shape index (κ3) is 2.05. The summed E-state index contributed by atoms with van der Waals surface area (Å²) >= 11 is 0. The summed E-state index contributed by atoms with van der Waals surface area (Å²) in [6.45, 7) is 7.10. The first-order valence-corrected chi connectivity index (χ1v) is 5.53. The Morgan fingerprint density at radius 3 is 2.80 bits per heavy atom. The van der Waals surface area contributed by atoms with E-state index in [1.54, 1.807) is 0 Å². The van der Waals surface area contributed by atoms with Crippen molar-refractivity contribution in [3.8, 4) is 0 Å². The van der Waals surface area contributed by atoms with E-state index in [0.717, 1.165) is 0 Å². The van der Waals surface area contributed by atoms with Crippen molar-refractivity contribution in [1.82, 2.24) is 0 Å². The van der Waals surface area contributed by atoms with E-state index in [0.29, 0.717) is 18.8 Å². The van der Waals surface area contributed by atoms with Crippen molar-refractivity contribution >= 4 is 5.78 Å². The minimum Gasteiger partial charge on any atom is -0.373 e. The van der Waals surface area contributed by atoms with Gasteiger partial charge in [0, 0.05) is 6.42 Å². The number of Topliss-reactive ketones (excluding diaryl/α,β-unsaturated/α-hetero) is 1. The number of ether oxygens (including phenoxy) is 1. The lowest BCUT2D eigenvalue weighted by Gasteiger charge is -2.32. The highest BCUT2D eigenvalue weighted by Gasteiger charge is 2.33. The highest BCUT2D eigenvalue weighted by Crippen LogP contribution is 2.33. The van der Waals surface area contributed by atoms with Gasteiger partial charge >= 0.3 is 0 Å². The van der Waals surface area contributed by atoms with Crippen LogP contribution in [0.1, 0.15) is 27.2 Å². The summed E-state index contributed by atoms with van der Waals surface area (Å²) in [5, 5.41) is 0. The zero-order chi connectivity index (χ0) is 11.1. The second-order valence-corrected chi connectivity index (χ2v) is 5.31. The molecule has 2 aliphatic rings. The molecule has 2 nitrogen and oxygen atoms in total. The van der Waals surface area contributed by atoms with Gasteiger partial charge in [0.1, 0.15) is 5.78 Å². The third-order valence-corrected chi connectivity index (χ3v) is 3.08. The summed E-state index contributed by atoms with van der Waals surface area (Å²) in [5.41, 5.74) is 1.39. The highest BCUT2D eigenvalue weighted by atomic mass is 16.5. The Hall–Kier alpha value is -0.890. The zero-order valence-corrected chi connectivity index (χ0v) is 9.62. The van der Waals surface area contributed by atoms with Gasteiger partial charge in [-0.1, -0.05) is 39.0 Å². The molecule has 1 heterocycles. The van der Waals surface area contributed by atoms with Crippen LogP contribution in [0, 0.1) is 11.3 Å². The van der Waals surface area contributed by atoms with E-state index < -0.39 is 0 Å². The van der Waals surface area contributed by atoms with Gasteiger partial charge in [0.25, 0.3) is 0 Å². The van der Waals surface area contributed by atoms with Crippen LogP contribution in [0.15, 0.2) is 23.8 Å². The second kappa shape index (κ2) is 3.60. The summed E-state index contributed by atoms with van der Waals surface area (Å²) in [6, 6.07) is 0. The third-order valence-electron chi connectivity index (χ3n) is 3.08. The molecule has 0 aromatic heterocycles. The van der Waals surface area contributed by atoms with Crippen molar-refractivity contribution in [1.29, 1.82) is 0 Å². The van der Waals surface area contributed by atoms with Crippen LogP contribution in [0.5, 0.6) is 0 Å². The van der Waals surface area contributed by atoms with Gasteiger partial charge in [-0.25, -0.2) is 0 Å². The van der Waals surface area contributed by atoms with Crippen LogP contribution in [0.4, 0.5) is 0 Å². The van der Waals surface area contributed by atoms with Gasteiger partial charge in [-0.3, -0.25) is 4.79 Å². The number of allylic oxidation sites excluding steroid dienone is 2. The minimum atomic E-state index is -0.0372. The lowest BCUT2D eigenvalue weighted by atomic mass is 9.79. The fraction of sp³-hybridized carbons (Fsp3) is 0.615. The quantitative estimate of drug-likeness (QED) is 0.608. The Bertz CT molecular complexity index is 331. The van der Waals surface area contributed by atoms with Crippen LogP contribution < -0.4 is 0 Å². The molecule has 1 fully saturated rings. The van der Waals surface area contributed by atoms with Gasteiger partial charge in [0.2, 0.25) is 0 Å². The summed E-state index contributed by atoms with van der Waals surface area (Å²) in [4.78, 5) is 11.6. The van der Waals surface area contributed by atoms with Gasteiger partial charge < -0.3 is 4.74 Å². The van der Waals surface area contributed by atoms with E-state index in [9.17, 15) is 4.79 Å². The molecule has 82 valence electrons. The number of hydrogen-bond acceptors (Lipinski definition) is 2. The largest absolute Gasteiger partial charge is 0.373 e. The van der Waals surface area contributed by atoms with Crippen molar-refractivity contribution in [3.05, 3.63) is 23.8 Å². The normalized spacial score (nSPS) is 31.1. The van der Waals surface area contributed by atoms with Crippen molar-refractivity contribution < 1.29 is 9.53 Å². The molecule has 0 bridgehead atoms. The average Bonchev–Trinajstić information content (AvgIpc) is 2.16. The van der Waals surface area contributed by atoms with E-state index in [-0.39, 0.29) is 17.4 Å². The molecule has 2 atom stereocenters. The standard InChI is InChI=1S/C13H18O2/c1-13(2,3)9-4-5-10-11(14)6-7-15-12(10)8-9/h4-5,8,10,12H,6-7H2,1-3H3. The Morgan fingerprint density at radius 2 is 2.13 bits per heavy atom. The van der Waals surface area contributed by atoms with Gasteiger partial charge in [0.15, 0.2) is 0 Å². The van der Waals surface area contributed by atoms with Gasteiger partial charge in [-0.05, 0) is 11.0 Å². The predicted molar refractivity (Wildman–Crippen MR) is 59.5 cm³/mol. The van der Waals surface area contributed by atoms with Gasteiger partial charge in [0.05, 0.1) is 18.6 Å². The summed E-state index contributed by atoms with van der Waals surface area (Å²) in [5.74, 6) is 0.275. The monoisotopic (exact) mass is 206 g/mol. The highest BCUT2D eigenvalue weighted by molar-refractivity contribution is 5.84. The molecule has 1 saturated heterocycles. The second-order valence-electron chi connectivity index (χ2n) is 5.31. The lowest BCUT2D eigenvalue weighted by molar-refractivity contribution is -0.131. The van der Waals surface area contributed by atoms with Crippen molar-refractivity contribution in [2.24, 2.45) is 11.3 Å². The molecular weight excluding hydrogens is 188 g/mol. The molecule has 2 heteroatoms. The number of hydrogen-bond donors (Lipinski definition) is 0. The molecular formula is C13H18O2. The van der Waals surface area contributed by atoms with E-state index in [1.165, 1.54) is 5.57 Å². The maximum Gasteiger partial charge on any atom is 0.144 e. The lowest BCUT2D eigenvalue weighted by Crippen LogP contribution is -2.36. The average molecular weight is 206 g/mol. The van der Waals surface area contributed by atoms with Crippen LogP contribution in [0.25, 0.3) is 0 Å². The van der Waals surface area contributed by atoms with Gasteiger partial charge in [-0.15, -0.1) is 0 Å². The summed E-state index contributed by atoms with van der Waals surface area (Å²) in [7, 11) is 0.